The molecule has 0 aromatic heterocycles. The van der Waals surface area contributed by atoms with Crippen LogP contribution in [-0.4, -0.2) is 34.3 Å². The van der Waals surface area contributed by atoms with E-state index in [2.05, 4.69) is 0 Å². The van der Waals surface area contributed by atoms with Crippen molar-refractivity contribution in [2.45, 2.75) is 25.6 Å². The number of hydrogen-bond donors (Lipinski definition) is 2. The number of ether oxygens (including phenoxy) is 1. The van der Waals surface area contributed by atoms with Crippen LogP contribution in [0.4, 0.5) is 0 Å². The molecule has 0 saturated heterocycles. The highest BCUT2D eigenvalue weighted by Crippen LogP contribution is 2.31. The van der Waals surface area contributed by atoms with Crippen molar-refractivity contribution in [1.82, 2.24) is 0 Å². The lowest BCUT2D eigenvalue weighted by molar-refractivity contribution is -0.109. The largest absolute Gasteiger partial charge is 0.496 e. The molecule has 6 heteroatoms. The van der Waals surface area contributed by atoms with Gasteiger partial charge in [0.1, 0.15) is 11.9 Å². The van der Waals surface area contributed by atoms with E-state index in [0.717, 1.165) is 11.8 Å². The van der Waals surface area contributed by atoms with E-state index in [1.54, 1.807) is 18.2 Å². The number of halogens is 1. The summed E-state index contributed by atoms with van der Waals surface area (Å²) in [6, 6.07) is 4.82. The van der Waals surface area contributed by atoms with Crippen LogP contribution in [0.3, 0.4) is 0 Å². The molecule has 0 radical (unpaired) electrons. The molecule has 4 nitrogen and oxygen atoms in total. The lowest BCUT2D eigenvalue weighted by Gasteiger charge is -2.20. The molecule has 106 valence electrons. The molecule has 1 rings (SSSR count). The number of aliphatic hydroxyl groups excluding tert-OH is 2. The predicted octanol–water partition coefficient (Wildman–Crippen LogP) is 2.41. The fourth-order valence-electron chi connectivity index (χ4n) is 1.62. The first-order chi connectivity index (χ1) is 8.95. The van der Waals surface area contributed by atoms with Gasteiger partial charge in [0, 0.05) is 23.3 Å². The second kappa shape index (κ2) is 7.75. The van der Waals surface area contributed by atoms with Crippen molar-refractivity contribution in [2.75, 3.05) is 12.9 Å². The van der Waals surface area contributed by atoms with Crippen LogP contribution in [0, 0.1) is 0 Å². The molecule has 0 saturated carbocycles. The lowest BCUT2D eigenvalue weighted by Crippen LogP contribution is -2.19. The maximum atomic E-state index is 10.8. The van der Waals surface area contributed by atoms with E-state index in [1.165, 1.54) is 14.0 Å². The Morgan fingerprint density at radius 3 is 2.74 bits per heavy atom. The van der Waals surface area contributed by atoms with Crippen LogP contribution in [0.15, 0.2) is 18.2 Å². The number of thioether (sulfide) groups is 1. The van der Waals surface area contributed by atoms with Gasteiger partial charge in [-0.25, -0.2) is 0 Å². The second-order valence-electron chi connectivity index (χ2n) is 4.03. The summed E-state index contributed by atoms with van der Waals surface area (Å²) in [7, 11) is 1.47. The van der Waals surface area contributed by atoms with Crippen molar-refractivity contribution >= 4 is 28.5 Å². The van der Waals surface area contributed by atoms with Crippen molar-refractivity contribution < 1.29 is 19.7 Å². The Morgan fingerprint density at radius 2 is 2.16 bits per heavy atom. The quantitative estimate of drug-likeness (QED) is 0.845. The molecule has 0 aliphatic rings. The van der Waals surface area contributed by atoms with E-state index < -0.39 is 12.2 Å². The summed E-state index contributed by atoms with van der Waals surface area (Å²) >= 11 is 6.96. The van der Waals surface area contributed by atoms with Crippen molar-refractivity contribution in [2.24, 2.45) is 0 Å². The number of benzene rings is 1. The molecule has 0 aliphatic heterocycles. The number of aliphatic hydroxyl groups is 2. The van der Waals surface area contributed by atoms with E-state index in [-0.39, 0.29) is 5.12 Å². The fourth-order valence-corrected chi connectivity index (χ4v) is 2.43. The first-order valence-electron chi connectivity index (χ1n) is 5.78. The molecule has 2 atom stereocenters. The topological polar surface area (TPSA) is 66.8 Å². The Labute approximate surface area is 121 Å². The Bertz CT molecular complexity index is 439. The molecular formula is C13H17ClO4S. The van der Waals surface area contributed by atoms with Gasteiger partial charge in [-0.2, -0.15) is 0 Å². The number of carbonyl (C=O) groups is 1. The first kappa shape index (κ1) is 16.3. The van der Waals surface area contributed by atoms with E-state index >= 15 is 0 Å². The molecule has 19 heavy (non-hydrogen) atoms. The smallest absolute Gasteiger partial charge is 0.185 e. The average molecular weight is 305 g/mol. The zero-order valence-electron chi connectivity index (χ0n) is 10.8. The molecule has 2 unspecified atom stereocenters. The summed E-state index contributed by atoms with van der Waals surface area (Å²) in [5.74, 6) is 0.891. The standard InChI is InChI=1S/C13H17ClO4S/c1-8(15)19-6-5-11(16)13(17)10-4-3-9(14)7-12(10)18-2/h3-4,7,11,13,16-17H,5-6H2,1-2H3. The molecule has 2 N–H and O–H groups in total. The highest BCUT2D eigenvalue weighted by Gasteiger charge is 2.21. The van der Waals surface area contributed by atoms with E-state index in [0.29, 0.717) is 28.5 Å². The van der Waals surface area contributed by atoms with Crippen LogP contribution in [0.1, 0.15) is 25.0 Å². The average Bonchev–Trinajstić information content (AvgIpc) is 2.37. The summed E-state index contributed by atoms with van der Waals surface area (Å²) in [5.41, 5.74) is 0.479. The third-order valence-corrected chi connectivity index (χ3v) is 3.68. The number of methoxy groups -OCH3 is 1. The SMILES string of the molecule is COc1cc(Cl)ccc1C(O)C(O)CCSC(C)=O. The molecule has 1 aromatic carbocycles. The Balaban J connectivity index is 2.70. The molecule has 0 amide bonds. The van der Waals surface area contributed by atoms with Crippen molar-refractivity contribution in [3.63, 3.8) is 0 Å². The fraction of sp³-hybridized carbons (Fsp3) is 0.462. The molecule has 1 aromatic rings. The van der Waals surface area contributed by atoms with Crippen molar-refractivity contribution in [1.29, 1.82) is 0 Å². The maximum Gasteiger partial charge on any atom is 0.185 e. The molecule has 0 heterocycles. The molecule has 0 fully saturated rings. The summed E-state index contributed by atoms with van der Waals surface area (Å²) in [4.78, 5) is 10.8. The summed E-state index contributed by atoms with van der Waals surface area (Å²) in [6.45, 7) is 1.47. The van der Waals surface area contributed by atoms with Crippen molar-refractivity contribution in [3.05, 3.63) is 28.8 Å². The number of rotatable bonds is 6. The van der Waals surface area contributed by atoms with Gasteiger partial charge >= 0.3 is 0 Å². The van der Waals surface area contributed by atoms with Gasteiger partial charge < -0.3 is 14.9 Å². The van der Waals surface area contributed by atoms with Crippen molar-refractivity contribution in [3.8, 4) is 5.75 Å². The van der Waals surface area contributed by atoms with Crippen LogP contribution < -0.4 is 4.74 Å². The van der Waals surface area contributed by atoms with Gasteiger partial charge in [0.05, 0.1) is 13.2 Å². The Morgan fingerprint density at radius 1 is 1.47 bits per heavy atom. The van der Waals surface area contributed by atoms with Gasteiger partial charge in [-0.05, 0) is 18.6 Å². The van der Waals surface area contributed by atoms with Gasteiger partial charge in [-0.3, -0.25) is 4.79 Å². The highest BCUT2D eigenvalue weighted by atomic mass is 35.5. The molecular weight excluding hydrogens is 288 g/mol. The van der Waals surface area contributed by atoms with Crippen LogP contribution in [0.2, 0.25) is 5.02 Å². The summed E-state index contributed by atoms with van der Waals surface area (Å²) in [6.07, 6.45) is -1.71. The van der Waals surface area contributed by atoms with Crippen LogP contribution in [0.5, 0.6) is 5.75 Å². The van der Waals surface area contributed by atoms with E-state index in [4.69, 9.17) is 16.3 Å². The number of carbonyl (C=O) groups excluding carboxylic acids is 1. The second-order valence-corrected chi connectivity index (χ2v) is 5.74. The van der Waals surface area contributed by atoms with Gasteiger partial charge in [-0.1, -0.05) is 29.4 Å². The van der Waals surface area contributed by atoms with Gasteiger partial charge in [0.25, 0.3) is 0 Å². The summed E-state index contributed by atoms with van der Waals surface area (Å²) in [5, 5.41) is 20.5. The lowest BCUT2D eigenvalue weighted by atomic mass is 10.0. The number of hydrogen-bond acceptors (Lipinski definition) is 5. The van der Waals surface area contributed by atoms with Gasteiger partial charge in [0.15, 0.2) is 5.12 Å². The molecule has 0 spiro atoms. The normalized spacial score (nSPS) is 13.9. The van der Waals surface area contributed by atoms with E-state index in [1.807, 2.05) is 0 Å². The zero-order valence-corrected chi connectivity index (χ0v) is 12.4. The maximum absolute atomic E-state index is 10.8. The van der Waals surface area contributed by atoms with Crippen LogP contribution >= 0.6 is 23.4 Å². The predicted molar refractivity (Wildman–Crippen MR) is 76.7 cm³/mol. The van der Waals surface area contributed by atoms with E-state index in [9.17, 15) is 15.0 Å². The highest BCUT2D eigenvalue weighted by molar-refractivity contribution is 8.13. The summed E-state index contributed by atoms with van der Waals surface area (Å²) < 4.78 is 5.13. The Hall–Kier alpha value is -0.750. The molecule has 0 aliphatic carbocycles. The Kier molecular flexibility index (Phi) is 6.65. The monoisotopic (exact) mass is 304 g/mol. The first-order valence-corrected chi connectivity index (χ1v) is 7.15. The van der Waals surface area contributed by atoms with Gasteiger partial charge in [-0.15, -0.1) is 0 Å². The third-order valence-electron chi connectivity index (χ3n) is 2.60. The molecule has 0 bridgehead atoms. The van der Waals surface area contributed by atoms with Gasteiger partial charge in [0.2, 0.25) is 0 Å². The van der Waals surface area contributed by atoms with Crippen LogP contribution in [-0.2, 0) is 4.79 Å². The minimum atomic E-state index is -1.07. The third kappa shape index (κ3) is 5.03. The minimum absolute atomic E-state index is 0.00855. The minimum Gasteiger partial charge on any atom is -0.496 e. The van der Waals surface area contributed by atoms with Crippen LogP contribution in [0.25, 0.3) is 0 Å². The zero-order chi connectivity index (χ0) is 14.4.